The molecule has 0 unspecified atom stereocenters. The molecular weight excluding hydrogens is 424 g/mol. The third-order valence-corrected chi connectivity index (χ3v) is 8.40. The van der Waals surface area contributed by atoms with E-state index in [2.05, 4.69) is 53.1 Å². The van der Waals surface area contributed by atoms with Crippen molar-refractivity contribution in [2.24, 2.45) is 17.8 Å². The number of hydrogen-bond donors (Lipinski definition) is 2. The summed E-state index contributed by atoms with van der Waals surface area (Å²) >= 11 is 0. The predicted molar refractivity (Wildman–Crippen MR) is 130 cm³/mol. The van der Waals surface area contributed by atoms with Crippen LogP contribution in [-0.4, -0.2) is 12.7 Å². The van der Waals surface area contributed by atoms with E-state index in [4.69, 9.17) is 9.47 Å². The Labute approximate surface area is 199 Å². The number of anilines is 1. The molecule has 4 aliphatic rings. The summed E-state index contributed by atoms with van der Waals surface area (Å²) in [6, 6.07) is 23.2. The van der Waals surface area contributed by atoms with E-state index in [1.165, 1.54) is 36.1 Å². The van der Waals surface area contributed by atoms with Gasteiger partial charge in [0.1, 0.15) is 0 Å². The van der Waals surface area contributed by atoms with Gasteiger partial charge in [-0.1, -0.05) is 36.4 Å². The van der Waals surface area contributed by atoms with Gasteiger partial charge in [-0.25, -0.2) is 0 Å². The molecule has 3 aromatic rings. The smallest absolute Gasteiger partial charge is 0.251 e. The van der Waals surface area contributed by atoms with Crippen LogP contribution in [0.15, 0.2) is 66.7 Å². The van der Waals surface area contributed by atoms with E-state index in [1.54, 1.807) is 0 Å². The lowest BCUT2D eigenvalue weighted by atomic mass is 9.68. The molecule has 2 saturated carbocycles. The third-order valence-electron chi connectivity index (χ3n) is 8.40. The Morgan fingerprint density at radius 2 is 1.79 bits per heavy atom. The van der Waals surface area contributed by atoms with Gasteiger partial charge in [-0.2, -0.15) is 0 Å². The lowest BCUT2D eigenvalue weighted by Crippen LogP contribution is -2.35. The van der Waals surface area contributed by atoms with Gasteiger partial charge in [0.15, 0.2) is 11.5 Å². The van der Waals surface area contributed by atoms with Crippen molar-refractivity contribution < 1.29 is 14.3 Å². The molecule has 7 rings (SSSR count). The van der Waals surface area contributed by atoms with Crippen LogP contribution in [0, 0.1) is 17.8 Å². The number of nitrogens with one attached hydrogen (secondary N) is 2. The number of amides is 1. The summed E-state index contributed by atoms with van der Waals surface area (Å²) < 4.78 is 10.8. The highest BCUT2D eigenvalue weighted by Crippen LogP contribution is 2.63. The second-order valence-electron chi connectivity index (χ2n) is 10.1. The van der Waals surface area contributed by atoms with Crippen LogP contribution >= 0.6 is 0 Å². The first-order valence-corrected chi connectivity index (χ1v) is 12.4. The largest absolute Gasteiger partial charge is 0.454 e. The Morgan fingerprint density at radius 3 is 2.71 bits per heavy atom. The molecule has 34 heavy (non-hydrogen) atoms. The fraction of sp³-hybridized carbons (Fsp3) is 0.345. The monoisotopic (exact) mass is 452 g/mol. The van der Waals surface area contributed by atoms with E-state index in [-0.39, 0.29) is 12.7 Å². The third kappa shape index (κ3) is 3.17. The van der Waals surface area contributed by atoms with Crippen molar-refractivity contribution in [2.45, 2.75) is 37.8 Å². The fourth-order valence-electron chi connectivity index (χ4n) is 6.95. The van der Waals surface area contributed by atoms with Gasteiger partial charge >= 0.3 is 0 Å². The van der Waals surface area contributed by atoms with Gasteiger partial charge in [0.2, 0.25) is 6.79 Å². The van der Waals surface area contributed by atoms with E-state index in [9.17, 15) is 4.79 Å². The van der Waals surface area contributed by atoms with Gasteiger partial charge in [-0.3, -0.25) is 4.79 Å². The van der Waals surface area contributed by atoms with Crippen LogP contribution < -0.4 is 20.1 Å². The molecule has 1 amide bonds. The molecule has 5 heteroatoms. The Kier molecular flexibility index (Phi) is 4.57. The number of fused-ring (bicyclic) bond motifs is 8. The normalized spacial score (nSPS) is 27.6. The Morgan fingerprint density at radius 1 is 0.941 bits per heavy atom. The summed E-state index contributed by atoms with van der Waals surface area (Å²) in [5.74, 6) is 4.08. The zero-order valence-electron chi connectivity index (χ0n) is 19.0. The second kappa shape index (κ2) is 7.79. The van der Waals surface area contributed by atoms with E-state index < -0.39 is 0 Å². The standard InChI is InChI=1S/C29H28N2O3/c32-29(30-15-17-6-11-24-25(12-17)34-16-33-24)21-9-10-23-22(14-21)26-19-7-8-20(13-19)27(26)28(31-23)18-4-2-1-3-5-18/h1-6,9-12,14,19-20,26-28,31H,7-8,13,15-16H2,(H,30,32)/t19-,20-,26-,27+,28-/m0/s1. The highest BCUT2D eigenvalue weighted by Gasteiger charge is 2.53. The van der Waals surface area contributed by atoms with Crippen LogP contribution in [0.5, 0.6) is 11.5 Å². The Hall–Kier alpha value is -3.47. The molecule has 2 fully saturated rings. The zero-order chi connectivity index (χ0) is 22.6. The van der Waals surface area contributed by atoms with Crippen molar-refractivity contribution in [3.8, 4) is 11.5 Å². The molecule has 5 nitrogen and oxygen atoms in total. The molecule has 0 spiro atoms. The van der Waals surface area contributed by atoms with E-state index >= 15 is 0 Å². The van der Waals surface area contributed by atoms with Crippen molar-refractivity contribution in [1.29, 1.82) is 0 Å². The average Bonchev–Trinajstić information content (AvgIpc) is 3.63. The van der Waals surface area contributed by atoms with Crippen molar-refractivity contribution >= 4 is 11.6 Å². The molecule has 2 aliphatic heterocycles. The van der Waals surface area contributed by atoms with Crippen LogP contribution in [0.25, 0.3) is 0 Å². The average molecular weight is 453 g/mol. The minimum absolute atomic E-state index is 0.0367. The minimum Gasteiger partial charge on any atom is -0.454 e. The maximum absolute atomic E-state index is 13.1. The summed E-state index contributed by atoms with van der Waals surface area (Å²) in [7, 11) is 0. The van der Waals surface area contributed by atoms with Crippen LogP contribution in [-0.2, 0) is 6.54 Å². The first kappa shape index (κ1) is 20.0. The minimum atomic E-state index is -0.0367. The Balaban J connectivity index is 1.15. The van der Waals surface area contributed by atoms with Crippen LogP contribution in [0.1, 0.15) is 58.3 Å². The highest BCUT2D eigenvalue weighted by atomic mass is 16.7. The number of hydrogen-bond acceptors (Lipinski definition) is 4. The van der Waals surface area contributed by atoms with Crippen molar-refractivity contribution in [3.05, 3.63) is 89.0 Å². The molecule has 2 N–H and O–H groups in total. The van der Waals surface area contributed by atoms with Crippen LogP contribution in [0.2, 0.25) is 0 Å². The number of benzene rings is 3. The van der Waals surface area contributed by atoms with E-state index in [0.29, 0.717) is 24.4 Å². The van der Waals surface area contributed by atoms with Gasteiger partial charge < -0.3 is 20.1 Å². The van der Waals surface area contributed by atoms with Gasteiger partial charge in [-0.05, 0) is 90.0 Å². The predicted octanol–water partition coefficient (Wildman–Crippen LogP) is 5.64. The molecule has 0 radical (unpaired) electrons. The van der Waals surface area contributed by atoms with Crippen LogP contribution in [0.3, 0.4) is 0 Å². The number of rotatable bonds is 4. The first-order valence-electron chi connectivity index (χ1n) is 12.4. The maximum atomic E-state index is 13.1. The molecule has 0 aromatic heterocycles. The lowest BCUT2D eigenvalue weighted by Gasteiger charge is -2.43. The number of ether oxygens (including phenoxy) is 2. The molecule has 3 aromatic carbocycles. The molecule has 172 valence electrons. The second-order valence-corrected chi connectivity index (χ2v) is 10.1. The molecule has 2 bridgehead atoms. The van der Waals surface area contributed by atoms with Gasteiger partial charge in [-0.15, -0.1) is 0 Å². The maximum Gasteiger partial charge on any atom is 0.251 e. The lowest BCUT2D eigenvalue weighted by molar-refractivity contribution is 0.0950. The summed E-state index contributed by atoms with van der Waals surface area (Å²) in [6.07, 6.45) is 3.97. The van der Waals surface area contributed by atoms with Gasteiger partial charge in [0.25, 0.3) is 5.91 Å². The van der Waals surface area contributed by atoms with Crippen molar-refractivity contribution in [3.63, 3.8) is 0 Å². The van der Waals surface area contributed by atoms with Gasteiger partial charge in [0, 0.05) is 17.8 Å². The highest BCUT2D eigenvalue weighted by molar-refractivity contribution is 5.95. The molecule has 2 heterocycles. The summed E-state index contributed by atoms with van der Waals surface area (Å²) in [5.41, 5.74) is 5.63. The SMILES string of the molecule is O=C(NCc1ccc2c(c1)OCO2)c1ccc2c(c1)[C@@H]1[C@H]3CC[C@@H](C3)[C@H]1[C@H](c1ccccc1)N2. The number of carbonyl (C=O) groups excluding carboxylic acids is 1. The molecular formula is C29H28N2O3. The number of carbonyl (C=O) groups is 1. The Bertz CT molecular complexity index is 1260. The van der Waals surface area contributed by atoms with E-state index in [0.717, 1.165) is 34.5 Å². The molecule has 0 saturated heterocycles. The summed E-state index contributed by atoms with van der Waals surface area (Å²) in [5, 5.41) is 6.95. The fourth-order valence-corrected chi connectivity index (χ4v) is 6.95. The molecule has 2 aliphatic carbocycles. The topological polar surface area (TPSA) is 59.6 Å². The summed E-state index contributed by atoms with van der Waals surface area (Å²) in [4.78, 5) is 13.1. The van der Waals surface area contributed by atoms with Crippen molar-refractivity contribution in [2.75, 3.05) is 12.1 Å². The molecule has 5 atom stereocenters. The summed E-state index contributed by atoms with van der Waals surface area (Å²) in [6.45, 7) is 0.709. The quantitative estimate of drug-likeness (QED) is 0.538. The van der Waals surface area contributed by atoms with Crippen LogP contribution in [0.4, 0.5) is 5.69 Å². The first-order chi connectivity index (χ1) is 16.7. The zero-order valence-corrected chi connectivity index (χ0v) is 19.0. The van der Waals surface area contributed by atoms with E-state index in [1.807, 2.05) is 24.3 Å². The van der Waals surface area contributed by atoms with Gasteiger partial charge in [0.05, 0.1) is 6.04 Å². The van der Waals surface area contributed by atoms with Crippen molar-refractivity contribution in [1.82, 2.24) is 5.32 Å².